The second-order valence-corrected chi connectivity index (χ2v) is 20.0. The summed E-state index contributed by atoms with van der Waals surface area (Å²) in [5.74, 6) is -1.92. The molecule has 0 radical (unpaired) electrons. The summed E-state index contributed by atoms with van der Waals surface area (Å²) >= 11 is 0. The molecule has 65 heavy (non-hydrogen) atoms. The molecule has 0 spiro atoms. The predicted octanol–water partition coefficient (Wildman–Crippen LogP) is 15.3. The molecule has 0 amide bonds. The van der Waals surface area contributed by atoms with Gasteiger partial charge in [-0.05, 0) is 79.3 Å². The van der Waals surface area contributed by atoms with Crippen molar-refractivity contribution in [2.45, 2.75) is 267 Å². The molecular formula is C55H105NO9. The third-order valence-corrected chi connectivity index (χ3v) is 13.7. The Morgan fingerprint density at radius 3 is 1.26 bits per heavy atom. The van der Waals surface area contributed by atoms with Crippen LogP contribution >= 0.6 is 0 Å². The summed E-state index contributed by atoms with van der Waals surface area (Å²) < 4.78 is 28.5. The van der Waals surface area contributed by atoms with Crippen LogP contribution in [-0.2, 0) is 38.1 Å². The monoisotopic (exact) mass is 924 g/mol. The van der Waals surface area contributed by atoms with Crippen molar-refractivity contribution < 1.29 is 42.9 Å². The lowest BCUT2D eigenvalue weighted by atomic mass is 9.68. The zero-order valence-electron chi connectivity index (χ0n) is 44.1. The third kappa shape index (κ3) is 32.9. The van der Waals surface area contributed by atoms with Gasteiger partial charge in [-0.2, -0.15) is 0 Å². The van der Waals surface area contributed by atoms with E-state index < -0.39 is 34.8 Å². The van der Waals surface area contributed by atoms with E-state index >= 15 is 0 Å². The van der Waals surface area contributed by atoms with Crippen molar-refractivity contribution >= 4 is 24.1 Å². The first-order valence-corrected chi connectivity index (χ1v) is 27.4. The fourth-order valence-electron chi connectivity index (χ4n) is 8.03. The van der Waals surface area contributed by atoms with Crippen molar-refractivity contribution in [3.63, 3.8) is 0 Å². The van der Waals surface area contributed by atoms with Crippen LogP contribution in [0.2, 0.25) is 0 Å². The highest BCUT2D eigenvalue weighted by molar-refractivity contribution is 5.87. The van der Waals surface area contributed by atoms with Gasteiger partial charge in [-0.25, -0.2) is 4.79 Å². The average molecular weight is 924 g/mol. The van der Waals surface area contributed by atoms with Gasteiger partial charge in [0, 0.05) is 13.0 Å². The lowest BCUT2D eigenvalue weighted by Crippen LogP contribution is -2.48. The van der Waals surface area contributed by atoms with E-state index in [1.165, 1.54) is 128 Å². The normalized spacial score (nSPS) is 12.4. The lowest BCUT2D eigenvalue weighted by Gasteiger charge is -2.38. The van der Waals surface area contributed by atoms with Crippen LogP contribution in [0.5, 0.6) is 0 Å². The summed E-state index contributed by atoms with van der Waals surface area (Å²) in [6.07, 6.45) is 34.4. The fourth-order valence-corrected chi connectivity index (χ4v) is 8.03. The molecule has 10 heteroatoms. The maximum Gasteiger partial charge on any atom is 0.508 e. The van der Waals surface area contributed by atoms with Crippen molar-refractivity contribution in [2.75, 3.05) is 46.1 Å². The fraction of sp³-hybridized carbons (Fsp3) is 0.927. The molecule has 0 heterocycles. The number of hydrogen-bond donors (Lipinski definition) is 0. The minimum Gasteiger partial charge on any atom is -0.465 e. The second kappa shape index (κ2) is 41.8. The van der Waals surface area contributed by atoms with E-state index in [-0.39, 0.29) is 38.5 Å². The van der Waals surface area contributed by atoms with Gasteiger partial charge in [-0.1, -0.05) is 189 Å². The largest absolute Gasteiger partial charge is 0.508 e. The van der Waals surface area contributed by atoms with Gasteiger partial charge < -0.3 is 28.6 Å². The van der Waals surface area contributed by atoms with Crippen molar-refractivity contribution in [2.24, 2.45) is 16.7 Å². The highest BCUT2D eigenvalue weighted by atomic mass is 16.7. The maximum atomic E-state index is 13.9. The molecule has 0 N–H and O–H groups in total. The molecule has 1 atom stereocenters. The van der Waals surface area contributed by atoms with Crippen LogP contribution in [0.3, 0.4) is 0 Å². The van der Waals surface area contributed by atoms with E-state index in [0.717, 1.165) is 77.4 Å². The van der Waals surface area contributed by atoms with E-state index in [1.807, 2.05) is 0 Å². The van der Waals surface area contributed by atoms with Gasteiger partial charge in [0.25, 0.3) is 0 Å². The minimum atomic E-state index is -1.24. The molecule has 10 nitrogen and oxygen atoms in total. The number of hydrogen-bond acceptors (Lipinski definition) is 10. The van der Waals surface area contributed by atoms with E-state index in [1.54, 1.807) is 27.7 Å². The number of nitrogens with zero attached hydrogens (tertiary/aromatic N) is 1. The lowest BCUT2D eigenvalue weighted by molar-refractivity contribution is -0.180. The van der Waals surface area contributed by atoms with E-state index in [0.29, 0.717) is 12.8 Å². The molecule has 0 fully saturated rings. The van der Waals surface area contributed by atoms with Crippen molar-refractivity contribution in [3.8, 4) is 0 Å². The van der Waals surface area contributed by atoms with Crippen molar-refractivity contribution in [1.82, 2.24) is 4.90 Å². The SMILES string of the molecule is CCCCCCCCCCCCCCCCCC(=O)OCC(COC(=O)OCCCN(CC)CC)COC(=O)C(C)(C)C(C)(C)C(=O)OC(CCCCCCCC)CCCCCCCC. The second-order valence-electron chi connectivity index (χ2n) is 20.0. The number of unbranched alkanes of at least 4 members (excludes halogenated alkanes) is 24. The van der Waals surface area contributed by atoms with Gasteiger partial charge in [0.15, 0.2) is 0 Å². The molecule has 0 aliphatic heterocycles. The summed E-state index contributed by atoms with van der Waals surface area (Å²) in [5, 5.41) is 0. The molecule has 0 saturated carbocycles. The van der Waals surface area contributed by atoms with Crippen LogP contribution in [0.25, 0.3) is 0 Å². The van der Waals surface area contributed by atoms with Gasteiger partial charge in [-0.15, -0.1) is 0 Å². The standard InChI is InChI=1S/C55H105NO9/c1-10-15-18-21-24-25-26-27-28-29-30-31-32-35-38-42-50(57)62-45-48(47-64-53(60)61-44-39-43-56(13-4)14-5)46-63-51(58)54(6,7)55(8,9)52(59)65-49(40-36-33-22-19-16-11-2)41-37-34-23-20-17-12-3/h48-49H,10-47H2,1-9H3. The minimum absolute atomic E-state index is 0.0788. The predicted molar refractivity (Wildman–Crippen MR) is 268 cm³/mol. The van der Waals surface area contributed by atoms with Gasteiger partial charge in [-0.3, -0.25) is 14.4 Å². The Bertz CT molecular complexity index is 1140. The Labute approximate surface area is 400 Å². The smallest absolute Gasteiger partial charge is 0.465 e. The summed E-state index contributed by atoms with van der Waals surface area (Å²) in [7, 11) is 0. The molecule has 384 valence electrons. The molecule has 0 rings (SSSR count). The number of rotatable bonds is 46. The summed E-state index contributed by atoms with van der Waals surface area (Å²) in [6, 6.07) is 0. The van der Waals surface area contributed by atoms with Gasteiger partial charge in [0.05, 0.1) is 23.4 Å². The van der Waals surface area contributed by atoms with Gasteiger partial charge in [0.1, 0.15) is 25.9 Å². The van der Waals surface area contributed by atoms with Crippen LogP contribution < -0.4 is 0 Å². The number of carbonyl (C=O) groups excluding carboxylic acids is 4. The molecule has 1 unspecified atom stereocenters. The number of ether oxygens (including phenoxy) is 5. The Morgan fingerprint density at radius 2 is 0.815 bits per heavy atom. The topological polar surface area (TPSA) is 118 Å². The number of esters is 3. The highest BCUT2D eigenvalue weighted by Crippen LogP contribution is 2.41. The van der Waals surface area contributed by atoms with Crippen molar-refractivity contribution in [1.29, 1.82) is 0 Å². The van der Waals surface area contributed by atoms with Gasteiger partial charge in [0.2, 0.25) is 0 Å². The Hall–Kier alpha value is -2.36. The van der Waals surface area contributed by atoms with Crippen molar-refractivity contribution in [3.05, 3.63) is 0 Å². The molecule has 0 aromatic heterocycles. The van der Waals surface area contributed by atoms with Crippen LogP contribution in [0.4, 0.5) is 4.79 Å². The Kier molecular flexibility index (Phi) is 40.3. The average Bonchev–Trinajstić information content (AvgIpc) is 3.29. The first-order chi connectivity index (χ1) is 31.3. The third-order valence-electron chi connectivity index (χ3n) is 13.7. The molecule has 0 aliphatic carbocycles. The highest BCUT2D eigenvalue weighted by Gasteiger charge is 2.51. The summed E-state index contributed by atoms with van der Waals surface area (Å²) in [5.41, 5.74) is -2.43. The zero-order chi connectivity index (χ0) is 48.4. The molecule has 0 bridgehead atoms. The molecular weight excluding hydrogens is 819 g/mol. The first kappa shape index (κ1) is 62.6. The first-order valence-electron chi connectivity index (χ1n) is 27.4. The Balaban J connectivity index is 5.26. The maximum absolute atomic E-state index is 13.9. The molecule has 0 saturated heterocycles. The quantitative estimate of drug-likeness (QED) is 0.0332. The van der Waals surface area contributed by atoms with Gasteiger partial charge >= 0.3 is 24.1 Å². The Morgan fingerprint density at radius 1 is 0.431 bits per heavy atom. The molecule has 0 aliphatic rings. The van der Waals surface area contributed by atoms with Crippen LogP contribution in [0.1, 0.15) is 261 Å². The molecule has 0 aromatic rings. The van der Waals surface area contributed by atoms with Crippen LogP contribution in [0.15, 0.2) is 0 Å². The van der Waals surface area contributed by atoms with E-state index in [9.17, 15) is 19.2 Å². The zero-order valence-corrected chi connectivity index (χ0v) is 44.1. The summed E-state index contributed by atoms with van der Waals surface area (Å²) in [4.78, 5) is 55.4. The number of carbonyl (C=O) groups is 4. The summed E-state index contributed by atoms with van der Waals surface area (Å²) in [6.45, 7) is 20.3. The molecule has 0 aromatic carbocycles. The van der Waals surface area contributed by atoms with Crippen LogP contribution in [-0.4, -0.2) is 81.1 Å². The van der Waals surface area contributed by atoms with E-state index in [4.69, 9.17) is 23.7 Å². The van der Waals surface area contributed by atoms with E-state index in [2.05, 4.69) is 39.5 Å². The van der Waals surface area contributed by atoms with Crippen LogP contribution in [0, 0.1) is 16.7 Å².